The van der Waals surface area contributed by atoms with Gasteiger partial charge in [0.2, 0.25) is 0 Å². The van der Waals surface area contributed by atoms with Crippen molar-refractivity contribution < 1.29 is 24.6 Å². The summed E-state index contributed by atoms with van der Waals surface area (Å²) in [5.74, 6) is -0.156. The van der Waals surface area contributed by atoms with Crippen molar-refractivity contribution in [2.75, 3.05) is 6.61 Å². The summed E-state index contributed by atoms with van der Waals surface area (Å²) in [6.07, 6.45) is 5.49. The third-order valence-corrected chi connectivity index (χ3v) is 8.99. The lowest BCUT2D eigenvalue weighted by atomic mass is 9.46. The number of ketones is 3. The van der Waals surface area contributed by atoms with Crippen molar-refractivity contribution in [1.29, 1.82) is 0 Å². The topological polar surface area (TPSA) is 91.7 Å². The fourth-order valence-electron chi connectivity index (χ4n) is 7.48. The largest absolute Gasteiger partial charge is 0.388 e. The van der Waals surface area contributed by atoms with E-state index in [2.05, 4.69) is 0 Å². The number of carbonyl (C=O) groups excluding carboxylic acids is 3. The third kappa shape index (κ3) is 2.16. The van der Waals surface area contributed by atoms with E-state index in [0.29, 0.717) is 6.42 Å². The van der Waals surface area contributed by atoms with Gasteiger partial charge in [0.15, 0.2) is 17.3 Å². The molecule has 0 aromatic heterocycles. The highest BCUT2D eigenvalue weighted by molar-refractivity contribution is 6.11. The monoisotopic (exact) mass is 374 g/mol. The molecule has 2 N–H and O–H groups in total. The van der Waals surface area contributed by atoms with Crippen molar-refractivity contribution >= 4 is 17.3 Å². The number of hydrogen-bond donors (Lipinski definition) is 2. The minimum atomic E-state index is -1.50. The van der Waals surface area contributed by atoms with E-state index in [4.69, 9.17) is 0 Å². The van der Waals surface area contributed by atoms with E-state index in [1.54, 1.807) is 6.08 Å². The van der Waals surface area contributed by atoms with Crippen molar-refractivity contribution in [2.45, 2.75) is 64.9 Å². The van der Waals surface area contributed by atoms with Crippen LogP contribution in [0.15, 0.2) is 11.6 Å². The van der Waals surface area contributed by atoms with Gasteiger partial charge >= 0.3 is 0 Å². The zero-order valence-electron chi connectivity index (χ0n) is 16.5. The second kappa shape index (κ2) is 5.84. The zero-order chi connectivity index (χ0) is 19.8. The van der Waals surface area contributed by atoms with Gasteiger partial charge < -0.3 is 10.2 Å². The molecule has 0 bridgehead atoms. The van der Waals surface area contributed by atoms with Crippen molar-refractivity contribution in [3.05, 3.63) is 11.6 Å². The van der Waals surface area contributed by atoms with Crippen LogP contribution in [-0.2, 0) is 14.4 Å². The summed E-state index contributed by atoms with van der Waals surface area (Å²) in [4.78, 5) is 37.4. The first-order valence-electron chi connectivity index (χ1n) is 10.2. The van der Waals surface area contributed by atoms with Crippen molar-refractivity contribution in [2.24, 2.45) is 34.5 Å². The SMILES string of the molecule is CC1C[C@H]2[C@@H]3CCC4=CC(=O)CC(=O)[C@]4(C)[C@H]3CC[C@]2(C)[C@@]1(O)C(=O)CO. The Morgan fingerprint density at radius 1 is 1.22 bits per heavy atom. The first-order valence-corrected chi connectivity index (χ1v) is 10.2. The molecule has 4 aliphatic rings. The van der Waals surface area contributed by atoms with E-state index in [9.17, 15) is 24.6 Å². The van der Waals surface area contributed by atoms with E-state index in [1.165, 1.54) is 0 Å². The van der Waals surface area contributed by atoms with Crippen LogP contribution in [0.1, 0.15) is 59.3 Å². The van der Waals surface area contributed by atoms with Crippen molar-refractivity contribution in [3.8, 4) is 0 Å². The molecule has 5 nitrogen and oxygen atoms in total. The quantitative estimate of drug-likeness (QED) is 0.723. The predicted octanol–water partition coefficient (Wildman–Crippen LogP) is 2.24. The van der Waals surface area contributed by atoms with Crippen molar-refractivity contribution in [1.82, 2.24) is 0 Å². The van der Waals surface area contributed by atoms with Crippen LogP contribution in [-0.4, -0.2) is 39.8 Å². The molecule has 3 saturated carbocycles. The lowest BCUT2D eigenvalue weighted by Crippen LogP contribution is -2.60. The highest BCUT2D eigenvalue weighted by Gasteiger charge is 2.69. The summed E-state index contributed by atoms with van der Waals surface area (Å²) in [5, 5.41) is 20.9. The zero-order valence-corrected chi connectivity index (χ0v) is 16.5. The summed E-state index contributed by atoms with van der Waals surface area (Å²) in [5.41, 5.74) is -1.66. The normalized spacial score (nSPS) is 49.1. The van der Waals surface area contributed by atoms with E-state index >= 15 is 0 Å². The standard InChI is InChI=1S/C22H30O5/c1-12-8-17-15-5-4-13-9-14(24)10-18(25)21(13,3)16(15)6-7-20(17,2)22(12,27)19(26)11-23/h9,12,15-17,23,27H,4-8,10-11H2,1-3H3/t12?,15-,16+,17+,20+,21+,22+/m1/s1. The lowest BCUT2D eigenvalue weighted by molar-refractivity contribution is -0.171. The van der Waals surface area contributed by atoms with Gasteiger partial charge in [0.1, 0.15) is 12.2 Å². The Bertz CT molecular complexity index is 754. The number of fused-ring (bicyclic) bond motifs is 5. The molecule has 3 fully saturated rings. The van der Waals surface area contributed by atoms with Gasteiger partial charge in [0.05, 0.1) is 11.8 Å². The lowest BCUT2D eigenvalue weighted by Gasteiger charge is -2.58. The molecule has 1 unspecified atom stereocenters. The van der Waals surface area contributed by atoms with Crippen LogP contribution < -0.4 is 0 Å². The predicted molar refractivity (Wildman–Crippen MR) is 98.7 cm³/mol. The van der Waals surface area contributed by atoms with Crippen LogP contribution >= 0.6 is 0 Å². The molecule has 0 spiro atoms. The maximum Gasteiger partial charge on any atom is 0.190 e. The summed E-state index contributed by atoms with van der Waals surface area (Å²) >= 11 is 0. The molecule has 0 amide bonds. The number of carbonyl (C=O) groups is 3. The van der Waals surface area contributed by atoms with E-state index in [0.717, 1.165) is 31.3 Å². The minimum Gasteiger partial charge on any atom is -0.388 e. The number of aliphatic hydroxyl groups is 2. The molecule has 0 aliphatic heterocycles. The Labute approximate surface area is 160 Å². The highest BCUT2D eigenvalue weighted by Crippen LogP contribution is 2.68. The molecule has 0 saturated heterocycles. The van der Waals surface area contributed by atoms with Crippen LogP contribution in [0.2, 0.25) is 0 Å². The molecule has 5 heteroatoms. The average Bonchev–Trinajstić information content (AvgIpc) is 2.83. The van der Waals surface area contributed by atoms with Gasteiger partial charge in [0, 0.05) is 5.41 Å². The van der Waals surface area contributed by atoms with Crippen molar-refractivity contribution in [3.63, 3.8) is 0 Å². The van der Waals surface area contributed by atoms with Gasteiger partial charge in [-0.3, -0.25) is 14.4 Å². The smallest absolute Gasteiger partial charge is 0.190 e. The second-order valence-electron chi connectivity index (χ2n) is 9.79. The second-order valence-corrected chi connectivity index (χ2v) is 9.79. The van der Waals surface area contributed by atoms with Gasteiger partial charge in [-0.2, -0.15) is 0 Å². The Kier molecular flexibility index (Phi) is 4.11. The van der Waals surface area contributed by atoms with Gasteiger partial charge in [-0.25, -0.2) is 0 Å². The molecule has 0 radical (unpaired) electrons. The van der Waals surface area contributed by atoms with E-state index < -0.39 is 28.8 Å². The molecule has 4 aliphatic carbocycles. The average molecular weight is 374 g/mol. The number of allylic oxidation sites excluding steroid dienone is 1. The summed E-state index contributed by atoms with van der Waals surface area (Å²) in [7, 11) is 0. The number of rotatable bonds is 2. The van der Waals surface area contributed by atoms with Crippen LogP contribution in [0.4, 0.5) is 0 Å². The molecular weight excluding hydrogens is 344 g/mol. The number of aliphatic hydroxyl groups excluding tert-OH is 1. The molecular formula is C22H30O5. The summed E-state index contributed by atoms with van der Waals surface area (Å²) < 4.78 is 0. The van der Waals surface area contributed by atoms with Crippen LogP contribution in [0.5, 0.6) is 0 Å². The third-order valence-electron chi connectivity index (χ3n) is 8.99. The first-order chi connectivity index (χ1) is 12.6. The van der Waals surface area contributed by atoms with Crippen LogP contribution in [0.25, 0.3) is 0 Å². The summed E-state index contributed by atoms with van der Waals surface area (Å²) in [6.45, 7) is 5.29. The molecule has 0 aromatic carbocycles. The highest BCUT2D eigenvalue weighted by atomic mass is 16.3. The Morgan fingerprint density at radius 3 is 2.59 bits per heavy atom. The molecule has 0 heterocycles. The minimum absolute atomic E-state index is 0.00546. The Morgan fingerprint density at radius 2 is 1.93 bits per heavy atom. The number of hydrogen-bond acceptors (Lipinski definition) is 5. The van der Waals surface area contributed by atoms with E-state index in [1.807, 2.05) is 20.8 Å². The van der Waals surface area contributed by atoms with Crippen LogP contribution in [0.3, 0.4) is 0 Å². The maximum absolute atomic E-state index is 12.9. The van der Waals surface area contributed by atoms with Crippen LogP contribution in [0, 0.1) is 34.5 Å². The van der Waals surface area contributed by atoms with Gasteiger partial charge in [-0.05, 0) is 68.8 Å². The molecule has 27 heavy (non-hydrogen) atoms. The number of Topliss-reactive ketones (excluding diaryl/α,β-unsaturated/α-hetero) is 2. The molecule has 4 rings (SSSR count). The van der Waals surface area contributed by atoms with Gasteiger partial charge in [-0.15, -0.1) is 0 Å². The fraction of sp³-hybridized carbons (Fsp3) is 0.773. The Balaban J connectivity index is 1.75. The molecule has 7 atom stereocenters. The maximum atomic E-state index is 12.9. The molecule has 148 valence electrons. The fourth-order valence-corrected chi connectivity index (χ4v) is 7.48. The summed E-state index contributed by atoms with van der Waals surface area (Å²) in [6, 6.07) is 0. The van der Waals surface area contributed by atoms with Gasteiger partial charge in [0.25, 0.3) is 0 Å². The Hall–Kier alpha value is -1.33. The van der Waals surface area contributed by atoms with Gasteiger partial charge in [-0.1, -0.05) is 19.4 Å². The first kappa shape index (κ1) is 19.0. The molecule has 0 aromatic rings. The van der Waals surface area contributed by atoms with E-state index in [-0.39, 0.29) is 41.7 Å².